The number of ether oxygens (including phenoxy) is 1. The summed E-state index contributed by atoms with van der Waals surface area (Å²) in [5, 5.41) is 3.13. The largest absolute Gasteiger partial charge is 0.481 e. The minimum absolute atomic E-state index is 0.0868. The number of carbonyl (C=O) groups excluding carboxylic acids is 1. The Morgan fingerprint density at radius 2 is 2.00 bits per heavy atom. The molecule has 1 fully saturated rings. The van der Waals surface area contributed by atoms with Crippen LogP contribution in [0.5, 0.6) is 5.75 Å². The molecule has 0 radical (unpaired) electrons. The fourth-order valence-electron chi connectivity index (χ4n) is 2.12. The Kier molecular flexibility index (Phi) is 4.13. The first-order valence-electron chi connectivity index (χ1n) is 6.91. The van der Waals surface area contributed by atoms with Gasteiger partial charge in [-0.3, -0.25) is 4.79 Å². The van der Waals surface area contributed by atoms with Crippen molar-refractivity contribution in [3.05, 3.63) is 48.5 Å². The third kappa shape index (κ3) is 3.30. The van der Waals surface area contributed by atoms with E-state index in [2.05, 4.69) is 15.3 Å². The molecule has 2 aromatic rings. The van der Waals surface area contributed by atoms with Crippen molar-refractivity contribution >= 4 is 11.9 Å². The minimum atomic E-state index is -0.473. The van der Waals surface area contributed by atoms with Crippen LogP contribution in [0.2, 0.25) is 0 Å². The van der Waals surface area contributed by atoms with Crippen molar-refractivity contribution in [2.45, 2.75) is 6.04 Å². The number of carbonyl (C=O) groups is 1. The number of anilines is 1. The molecule has 2 heterocycles. The molecule has 6 nitrogen and oxygen atoms in total. The van der Waals surface area contributed by atoms with Gasteiger partial charge in [0, 0.05) is 25.5 Å². The number of nitrogens with one attached hydrogen (secondary N) is 1. The Morgan fingerprint density at radius 3 is 2.73 bits per heavy atom. The van der Waals surface area contributed by atoms with Crippen molar-refractivity contribution < 1.29 is 13.9 Å². The molecule has 1 saturated heterocycles. The number of hydrogen-bond donors (Lipinski definition) is 1. The first-order valence-corrected chi connectivity index (χ1v) is 6.91. The highest BCUT2D eigenvalue weighted by atomic mass is 19.1. The second kappa shape index (κ2) is 6.38. The maximum Gasteiger partial charge on any atom is 0.260 e. The van der Waals surface area contributed by atoms with Gasteiger partial charge in [-0.05, 0) is 18.2 Å². The van der Waals surface area contributed by atoms with Gasteiger partial charge in [-0.25, -0.2) is 14.4 Å². The third-order valence-electron chi connectivity index (χ3n) is 3.32. The average Bonchev–Trinajstić information content (AvgIpc) is 2.50. The third-order valence-corrected chi connectivity index (χ3v) is 3.32. The second-order valence-corrected chi connectivity index (χ2v) is 4.93. The van der Waals surface area contributed by atoms with E-state index < -0.39 is 5.82 Å². The smallest absolute Gasteiger partial charge is 0.260 e. The molecule has 0 aliphatic carbocycles. The van der Waals surface area contributed by atoms with Crippen molar-refractivity contribution in [3.63, 3.8) is 0 Å². The number of likely N-dealkylation sites (tertiary alicyclic amines) is 1. The summed E-state index contributed by atoms with van der Waals surface area (Å²) in [6.07, 6.45) is 3.30. The van der Waals surface area contributed by atoms with Gasteiger partial charge in [0.25, 0.3) is 5.91 Å². The SMILES string of the molecule is O=C(COc1ccccc1F)N1CC(Nc2ncccn2)C1. The average molecular weight is 302 g/mol. The van der Waals surface area contributed by atoms with Crippen LogP contribution in [0.4, 0.5) is 10.3 Å². The normalized spacial score (nSPS) is 14.3. The summed E-state index contributed by atoms with van der Waals surface area (Å²) in [4.78, 5) is 21.7. The van der Waals surface area contributed by atoms with Crippen LogP contribution < -0.4 is 10.1 Å². The maximum absolute atomic E-state index is 13.4. The molecule has 1 amide bonds. The summed E-state index contributed by atoms with van der Waals surface area (Å²) in [5.41, 5.74) is 0. The van der Waals surface area contributed by atoms with Crippen LogP contribution >= 0.6 is 0 Å². The fraction of sp³-hybridized carbons (Fsp3) is 0.267. The fourth-order valence-corrected chi connectivity index (χ4v) is 2.12. The Bertz CT molecular complexity index is 647. The molecule has 22 heavy (non-hydrogen) atoms. The van der Waals surface area contributed by atoms with Crippen LogP contribution in [0.1, 0.15) is 0 Å². The van der Waals surface area contributed by atoms with Crippen LogP contribution in [0.3, 0.4) is 0 Å². The van der Waals surface area contributed by atoms with Gasteiger partial charge in [-0.15, -0.1) is 0 Å². The van der Waals surface area contributed by atoms with Crippen LogP contribution in [-0.2, 0) is 4.79 Å². The van der Waals surface area contributed by atoms with Gasteiger partial charge >= 0.3 is 0 Å². The Hall–Kier alpha value is -2.70. The second-order valence-electron chi connectivity index (χ2n) is 4.93. The maximum atomic E-state index is 13.4. The van der Waals surface area contributed by atoms with Crippen LogP contribution in [0.15, 0.2) is 42.7 Å². The minimum Gasteiger partial charge on any atom is -0.481 e. The van der Waals surface area contributed by atoms with E-state index in [1.54, 1.807) is 35.5 Å². The van der Waals surface area contributed by atoms with Gasteiger partial charge in [-0.2, -0.15) is 0 Å². The Labute approximate surface area is 126 Å². The zero-order valence-electron chi connectivity index (χ0n) is 11.8. The molecular formula is C15H15FN4O2. The quantitative estimate of drug-likeness (QED) is 0.902. The molecule has 1 aromatic carbocycles. The lowest BCUT2D eigenvalue weighted by Crippen LogP contribution is -2.58. The van der Waals surface area contributed by atoms with Crippen molar-refractivity contribution in [2.75, 3.05) is 25.0 Å². The summed E-state index contributed by atoms with van der Waals surface area (Å²) in [7, 11) is 0. The molecular weight excluding hydrogens is 287 g/mol. The lowest BCUT2D eigenvalue weighted by Gasteiger charge is -2.39. The molecule has 0 bridgehead atoms. The predicted molar refractivity (Wildman–Crippen MR) is 77.9 cm³/mol. The molecule has 0 spiro atoms. The number of amides is 1. The number of halogens is 1. The molecule has 7 heteroatoms. The molecule has 114 valence electrons. The van der Waals surface area contributed by atoms with Gasteiger partial charge < -0.3 is 15.0 Å². The summed E-state index contributed by atoms with van der Waals surface area (Å²) >= 11 is 0. The standard InChI is InChI=1S/C15H15FN4O2/c16-12-4-1-2-5-13(12)22-10-14(21)20-8-11(9-20)19-15-17-6-3-7-18-15/h1-7,11H,8-10H2,(H,17,18,19). The number of rotatable bonds is 5. The number of hydrogen-bond acceptors (Lipinski definition) is 5. The molecule has 1 aromatic heterocycles. The van der Waals surface area contributed by atoms with Gasteiger partial charge in [-0.1, -0.05) is 12.1 Å². The van der Waals surface area contributed by atoms with Crippen molar-refractivity contribution in [1.82, 2.24) is 14.9 Å². The van der Waals surface area contributed by atoms with E-state index in [1.807, 2.05) is 0 Å². The van der Waals surface area contributed by atoms with E-state index in [1.165, 1.54) is 12.1 Å². The first-order chi connectivity index (χ1) is 10.7. The summed E-state index contributed by atoms with van der Waals surface area (Å²) in [6.45, 7) is 0.935. The van der Waals surface area contributed by atoms with Crippen molar-refractivity contribution in [1.29, 1.82) is 0 Å². The number of benzene rings is 1. The zero-order valence-corrected chi connectivity index (χ0v) is 11.8. The number of nitrogens with zero attached hydrogens (tertiary/aromatic N) is 3. The highest BCUT2D eigenvalue weighted by Gasteiger charge is 2.31. The Morgan fingerprint density at radius 1 is 1.27 bits per heavy atom. The van der Waals surface area contributed by atoms with Gasteiger partial charge in [0.2, 0.25) is 5.95 Å². The van der Waals surface area contributed by atoms with E-state index >= 15 is 0 Å². The number of para-hydroxylation sites is 1. The van der Waals surface area contributed by atoms with Gasteiger partial charge in [0.1, 0.15) is 0 Å². The van der Waals surface area contributed by atoms with Crippen molar-refractivity contribution in [3.8, 4) is 5.75 Å². The summed E-state index contributed by atoms with van der Waals surface area (Å²) in [5.74, 6) is -0.0131. The van der Waals surface area contributed by atoms with Gasteiger partial charge in [0.05, 0.1) is 6.04 Å². The van der Waals surface area contributed by atoms with E-state index in [9.17, 15) is 9.18 Å². The van der Waals surface area contributed by atoms with Gasteiger partial charge in [0.15, 0.2) is 18.2 Å². The summed E-state index contributed by atoms with van der Waals surface area (Å²) < 4.78 is 18.6. The van der Waals surface area contributed by atoms with E-state index in [-0.39, 0.29) is 24.3 Å². The highest BCUT2D eigenvalue weighted by molar-refractivity contribution is 5.79. The molecule has 0 unspecified atom stereocenters. The van der Waals surface area contributed by atoms with Crippen LogP contribution in [0, 0.1) is 5.82 Å². The highest BCUT2D eigenvalue weighted by Crippen LogP contribution is 2.17. The topological polar surface area (TPSA) is 67.3 Å². The monoisotopic (exact) mass is 302 g/mol. The first kappa shape index (κ1) is 14.2. The number of aromatic nitrogens is 2. The molecule has 1 aliphatic heterocycles. The summed E-state index contributed by atoms with van der Waals surface area (Å²) in [6, 6.07) is 7.88. The zero-order chi connectivity index (χ0) is 15.4. The Balaban J connectivity index is 1.43. The molecule has 1 N–H and O–H groups in total. The van der Waals surface area contributed by atoms with Crippen LogP contribution in [0.25, 0.3) is 0 Å². The van der Waals surface area contributed by atoms with Crippen LogP contribution in [-0.4, -0.2) is 46.5 Å². The molecule has 3 rings (SSSR count). The predicted octanol–water partition coefficient (Wildman–Crippen LogP) is 1.32. The van der Waals surface area contributed by atoms with E-state index in [4.69, 9.17) is 4.74 Å². The molecule has 0 saturated carbocycles. The molecule has 1 aliphatic rings. The molecule has 0 atom stereocenters. The lowest BCUT2D eigenvalue weighted by atomic mass is 10.1. The van der Waals surface area contributed by atoms with E-state index in [0.717, 1.165) is 0 Å². The van der Waals surface area contributed by atoms with E-state index in [0.29, 0.717) is 19.0 Å². The lowest BCUT2D eigenvalue weighted by molar-refractivity contribution is -0.137. The van der Waals surface area contributed by atoms with Crippen molar-refractivity contribution in [2.24, 2.45) is 0 Å².